The van der Waals surface area contributed by atoms with Crippen molar-refractivity contribution in [3.05, 3.63) is 52.9 Å². The molecule has 5 rings (SSSR count). The van der Waals surface area contributed by atoms with E-state index in [1.165, 1.54) is 13.3 Å². The quantitative estimate of drug-likeness (QED) is 0.523. The number of amides is 1. The molecule has 174 valence electrons. The van der Waals surface area contributed by atoms with Gasteiger partial charge in [0.15, 0.2) is 5.75 Å². The predicted molar refractivity (Wildman–Crippen MR) is 124 cm³/mol. The van der Waals surface area contributed by atoms with Crippen LogP contribution in [0, 0.1) is 17.3 Å². The van der Waals surface area contributed by atoms with Crippen LogP contribution >= 0.6 is 11.6 Å². The Bertz CT molecular complexity index is 1340. The number of para-hydroxylation sites is 1. The van der Waals surface area contributed by atoms with E-state index in [2.05, 4.69) is 32.6 Å². The lowest BCUT2D eigenvalue weighted by atomic mass is 10.0. The Morgan fingerprint density at radius 3 is 2.88 bits per heavy atom. The second-order valence-corrected chi connectivity index (χ2v) is 8.53. The summed E-state index contributed by atoms with van der Waals surface area (Å²) in [4.78, 5) is 16.9. The van der Waals surface area contributed by atoms with Crippen molar-refractivity contribution in [1.29, 1.82) is 0 Å². The van der Waals surface area contributed by atoms with Gasteiger partial charge in [0.2, 0.25) is 0 Å². The van der Waals surface area contributed by atoms with Crippen molar-refractivity contribution in [2.45, 2.75) is 25.8 Å². The van der Waals surface area contributed by atoms with E-state index < -0.39 is 11.8 Å². The lowest BCUT2D eigenvalue weighted by Crippen LogP contribution is -2.35. The molecular weight excluding hydrogens is 464 g/mol. The zero-order valence-electron chi connectivity index (χ0n) is 18.2. The highest BCUT2D eigenvalue weighted by Crippen LogP contribution is 2.50. The van der Waals surface area contributed by atoms with E-state index in [0.717, 1.165) is 0 Å². The fourth-order valence-corrected chi connectivity index (χ4v) is 4.15. The Hall–Kier alpha value is -3.64. The number of carbonyl (C=O) groups excluding carboxylic acids is 1. The van der Waals surface area contributed by atoms with Crippen LogP contribution in [-0.2, 0) is 6.54 Å². The average molecular weight is 484 g/mol. The normalized spacial score (nSPS) is 15.7. The highest BCUT2D eigenvalue weighted by Gasteiger charge is 2.50. The molecule has 3 aromatic rings. The molecule has 2 N–H and O–H groups in total. The number of fused-ring (bicyclic) bond motifs is 1. The van der Waals surface area contributed by atoms with Crippen LogP contribution in [-0.4, -0.2) is 40.8 Å². The van der Waals surface area contributed by atoms with Gasteiger partial charge in [-0.25, -0.2) is 8.78 Å². The highest BCUT2D eigenvalue weighted by atomic mass is 35.5. The highest BCUT2D eigenvalue weighted by molar-refractivity contribution is 6.32. The van der Waals surface area contributed by atoms with E-state index in [-0.39, 0.29) is 5.91 Å². The molecule has 3 heterocycles. The molecule has 1 aliphatic heterocycles. The van der Waals surface area contributed by atoms with Crippen molar-refractivity contribution >= 4 is 28.9 Å². The van der Waals surface area contributed by atoms with Gasteiger partial charge in [-0.2, -0.15) is 5.10 Å². The molecule has 34 heavy (non-hydrogen) atoms. The molecule has 0 unspecified atom stereocenters. The number of rotatable bonds is 5. The number of halogens is 3. The smallest absolute Gasteiger partial charge is 0.271 e. The summed E-state index contributed by atoms with van der Waals surface area (Å²) < 4.78 is 33.9. The van der Waals surface area contributed by atoms with Crippen LogP contribution in [0.25, 0.3) is 11.3 Å². The molecule has 10 heteroatoms. The van der Waals surface area contributed by atoms with E-state index in [0.29, 0.717) is 70.6 Å². The minimum Gasteiger partial charge on any atom is -0.493 e. The summed E-state index contributed by atoms with van der Waals surface area (Å²) in [5, 5.41) is 11.2. The van der Waals surface area contributed by atoms with Gasteiger partial charge in [0.25, 0.3) is 12.3 Å². The number of ether oxygens (including phenoxy) is 1. The standard InChI is InChI=1S/C24H20ClF2N5O2/c1-34-21-16(25)3-2-4-17(21)30-19-18(31-32-12-11-29-22(33)20(19)32)15-6-10-28-13-14(15)5-7-24(8-9-24)23(26)27/h2-4,6,10,13,23,30H,8-9,11-12H2,1H3,(H,29,33). The summed E-state index contributed by atoms with van der Waals surface area (Å²) in [6, 6.07) is 6.93. The van der Waals surface area contributed by atoms with Gasteiger partial charge in [-0.15, -0.1) is 0 Å². The van der Waals surface area contributed by atoms with Crippen molar-refractivity contribution in [3.8, 4) is 28.8 Å². The lowest BCUT2D eigenvalue weighted by molar-refractivity contribution is 0.0918. The average Bonchev–Trinajstić information content (AvgIpc) is 3.54. The van der Waals surface area contributed by atoms with E-state index in [1.54, 1.807) is 35.1 Å². The number of hydrogen-bond donors (Lipinski definition) is 2. The maximum absolute atomic E-state index is 13.4. The first-order valence-electron chi connectivity index (χ1n) is 10.7. The number of hydrogen-bond acceptors (Lipinski definition) is 5. The van der Waals surface area contributed by atoms with Crippen LogP contribution in [0.2, 0.25) is 5.02 Å². The topological polar surface area (TPSA) is 81.1 Å². The number of nitrogens with zero attached hydrogens (tertiary/aromatic N) is 3. The molecule has 0 atom stereocenters. The summed E-state index contributed by atoms with van der Waals surface area (Å²) in [5.74, 6) is 5.77. The molecule has 1 fully saturated rings. The fraction of sp³-hybridized carbons (Fsp3) is 0.292. The van der Waals surface area contributed by atoms with Crippen LogP contribution in [0.1, 0.15) is 28.9 Å². The number of carbonyl (C=O) groups is 1. The molecule has 1 aliphatic carbocycles. The minimum absolute atomic E-state index is 0.287. The fourth-order valence-electron chi connectivity index (χ4n) is 3.89. The number of alkyl halides is 2. The summed E-state index contributed by atoms with van der Waals surface area (Å²) in [6.07, 6.45) is 1.33. The second-order valence-electron chi connectivity index (χ2n) is 8.12. The molecule has 7 nitrogen and oxygen atoms in total. The van der Waals surface area contributed by atoms with Crippen molar-refractivity contribution in [2.75, 3.05) is 19.0 Å². The number of methoxy groups -OCH3 is 1. The summed E-state index contributed by atoms with van der Waals surface area (Å²) in [7, 11) is 1.50. The Morgan fingerprint density at radius 1 is 1.32 bits per heavy atom. The number of pyridine rings is 1. The zero-order chi connectivity index (χ0) is 23.9. The molecule has 1 saturated carbocycles. The number of nitrogens with one attached hydrogen (secondary N) is 2. The van der Waals surface area contributed by atoms with Crippen LogP contribution in [0.5, 0.6) is 5.75 Å². The van der Waals surface area contributed by atoms with E-state index in [1.807, 2.05) is 0 Å². The van der Waals surface area contributed by atoms with E-state index >= 15 is 0 Å². The summed E-state index contributed by atoms with van der Waals surface area (Å²) >= 11 is 6.29. The van der Waals surface area contributed by atoms with Gasteiger partial charge in [-0.3, -0.25) is 14.5 Å². The van der Waals surface area contributed by atoms with E-state index in [9.17, 15) is 13.6 Å². The third-order valence-electron chi connectivity index (χ3n) is 5.94. The monoisotopic (exact) mass is 483 g/mol. The van der Waals surface area contributed by atoms with Crippen molar-refractivity contribution in [2.24, 2.45) is 5.41 Å². The first-order chi connectivity index (χ1) is 16.4. The van der Waals surface area contributed by atoms with Crippen molar-refractivity contribution in [1.82, 2.24) is 20.1 Å². The molecule has 2 aliphatic rings. The molecule has 2 aromatic heterocycles. The number of anilines is 2. The van der Waals surface area contributed by atoms with Gasteiger partial charge < -0.3 is 15.4 Å². The molecule has 0 spiro atoms. The number of aromatic nitrogens is 3. The van der Waals surface area contributed by atoms with Gasteiger partial charge in [0, 0.05) is 24.5 Å². The van der Waals surface area contributed by atoms with Gasteiger partial charge in [0.1, 0.15) is 11.4 Å². The van der Waals surface area contributed by atoms with Crippen LogP contribution in [0.4, 0.5) is 20.2 Å². The minimum atomic E-state index is -2.50. The Morgan fingerprint density at radius 2 is 2.15 bits per heavy atom. The SMILES string of the molecule is COc1c(Cl)cccc1Nc1c(-c2ccncc2C#CC2(C(F)F)CC2)nn2c1C(=O)NCC2. The first-order valence-corrected chi connectivity index (χ1v) is 11.1. The molecule has 1 amide bonds. The summed E-state index contributed by atoms with van der Waals surface area (Å²) in [5.41, 5.74) is 1.53. The Kier molecular flexibility index (Phi) is 5.62. The van der Waals surface area contributed by atoms with Crippen LogP contribution in [0.15, 0.2) is 36.7 Å². The second kappa shape index (κ2) is 8.61. The van der Waals surface area contributed by atoms with Gasteiger partial charge >= 0.3 is 0 Å². The molecule has 0 radical (unpaired) electrons. The van der Waals surface area contributed by atoms with Crippen molar-refractivity contribution in [3.63, 3.8) is 0 Å². The first kappa shape index (κ1) is 22.2. The molecule has 1 aromatic carbocycles. The maximum atomic E-state index is 13.4. The lowest BCUT2D eigenvalue weighted by Gasteiger charge is -2.17. The third-order valence-corrected chi connectivity index (χ3v) is 6.23. The van der Waals surface area contributed by atoms with Crippen LogP contribution in [0.3, 0.4) is 0 Å². The maximum Gasteiger partial charge on any atom is 0.271 e. The number of benzene rings is 1. The van der Waals surface area contributed by atoms with Gasteiger partial charge in [0.05, 0.1) is 41.0 Å². The third kappa shape index (κ3) is 3.84. The molecule has 0 bridgehead atoms. The summed E-state index contributed by atoms with van der Waals surface area (Å²) in [6.45, 7) is 0.913. The zero-order valence-corrected chi connectivity index (χ0v) is 18.9. The largest absolute Gasteiger partial charge is 0.493 e. The van der Waals surface area contributed by atoms with Crippen molar-refractivity contribution < 1.29 is 18.3 Å². The Labute approximate surface area is 199 Å². The molecular formula is C24H20ClF2N5O2. The van der Waals surface area contributed by atoms with Gasteiger partial charge in [-0.05, 0) is 31.0 Å². The predicted octanol–water partition coefficient (Wildman–Crippen LogP) is 4.49. The molecule has 0 saturated heterocycles. The van der Waals surface area contributed by atoms with Crippen LogP contribution < -0.4 is 15.4 Å². The van der Waals surface area contributed by atoms with Gasteiger partial charge in [-0.1, -0.05) is 29.5 Å². The van der Waals surface area contributed by atoms with E-state index in [4.69, 9.17) is 16.3 Å². The Balaban J connectivity index is 1.65.